The summed E-state index contributed by atoms with van der Waals surface area (Å²) in [5.41, 5.74) is 0.785. The van der Waals surface area contributed by atoms with Gasteiger partial charge in [0.15, 0.2) is 0 Å². The largest absolute Gasteiger partial charge is 0.269 e. The van der Waals surface area contributed by atoms with Crippen LogP contribution < -0.4 is 4.31 Å². The number of hydrogen-bond acceptors (Lipinski definition) is 4. The van der Waals surface area contributed by atoms with Crippen molar-refractivity contribution in [2.45, 2.75) is 17.9 Å². The van der Waals surface area contributed by atoms with E-state index in [4.69, 9.17) is 11.6 Å². The van der Waals surface area contributed by atoms with Gasteiger partial charge >= 0.3 is 0 Å². The number of anilines is 1. The lowest BCUT2D eigenvalue weighted by Crippen LogP contribution is -2.38. The first-order valence-corrected chi connectivity index (χ1v) is 8.69. The molecule has 1 unspecified atom stereocenters. The van der Waals surface area contributed by atoms with Gasteiger partial charge in [-0.05, 0) is 31.2 Å². The third-order valence-corrected chi connectivity index (χ3v) is 6.00. The average Bonchev–Trinajstić information content (AvgIpc) is 3.15. The molecule has 23 heavy (non-hydrogen) atoms. The number of nitrogens with zero attached hydrogens (tertiary/aromatic N) is 4. The van der Waals surface area contributed by atoms with Crippen molar-refractivity contribution in [3.63, 3.8) is 0 Å². The van der Waals surface area contributed by atoms with Crippen molar-refractivity contribution in [1.29, 1.82) is 0 Å². The van der Waals surface area contributed by atoms with Crippen LogP contribution in [0.4, 0.5) is 5.95 Å². The van der Waals surface area contributed by atoms with Gasteiger partial charge in [-0.3, -0.25) is 9.67 Å². The van der Waals surface area contributed by atoms with Gasteiger partial charge in [-0.25, -0.2) is 17.7 Å². The molecule has 1 aliphatic heterocycles. The van der Waals surface area contributed by atoms with Crippen molar-refractivity contribution in [2.75, 3.05) is 4.31 Å². The zero-order valence-corrected chi connectivity index (χ0v) is 13.6. The van der Waals surface area contributed by atoms with Gasteiger partial charge in [0.1, 0.15) is 5.82 Å². The second-order valence-corrected chi connectivity index (χ2v) is 7.45. The van der Waals surface area contributed by atoms with Crippen LogP contribution in [0.15, 0.2) is 47.8 Å². The van der Waals surface area contributed by atoms with E-state index in [-0.39, 0.29) is 4.90 Å². The second kappa shape index (κ2) is 4.84. The van der Waals surface area contributed by atoms with E-state index in [1.54, 1.807) is 42.2 Å². The van der Waals surface area contributed by atoms with Crippen molar-refractivity contribution in [3.8, 4) is 5.82 Å². The number of aromatic nitrogens is 4. The Morgan fingerprint density at radius 3 is 2.74 bits per heavy atom. The molecule has 118 valence electrons. The van der Waals surface area contributed by atoms with Crippen LogP contribution in [0.5, 0.6) is 0 Å². The summed E-state index contributed by atoms with van der Waals surface area (Å²) in [6.45, 7) is 1.81. The molecule has 1 atom stereocenters. The highest BCUT2D eigenvalue weighted by Gasteiger charge is 2.39. The number of halogens is 1. The molecule has 0 radical (unpaired) electrons. The minimum Gasteiger partial charge on any atom is -0.269 e. The Balaban J connectivity index is 1.91. The minimum absolute atomic E-state index is 0.162. The predicted octanol–water partition coefficient (Wildman–Crippen LogP) is 2.52. The topological polar surface area (TPSA) is 83.9 Å². The maximum Gasteiger partial charge on any atom is 0.267 e. The highest BCUT2D eigenvalue weighted by atomic mass is 35.5. The highest BCUT2D eigenvalue weighted by molar-refractivity contribution is 7.92. The molecular formula is C14H12ClN5O2S. The van der Waals surface area contributed by atoms with Gasteiger partial charge in [0.25, 0.3) is 10.0 Å². The lowest BCUT2D eigenvalue weighted by atomic mass is 10.1. The summed E-state index contributed by atoms with van der Waals surface area (Å²) in [7, 11) is -3.78. The molecule has 0 spiro atoms. The van der Waals surface area contributed by atoms with Crippen molar-refractivity contribution >= 4 is 27.6 Å². The Morgan fingerprint density at radius 2 is 2.00 bits per heavy atom. The number of hydrogen-bond donors (Lipinski definition) is 1. The Bertz CT molecular complexity index is 977. The fraction of sp³-hybridized carbons (Fsp3) is 0.143. The van der Waals surface area contributed by atoms with Crippen LogP contribution in [0.25, 0.3) is 5.82 Å². The quantitative estimate of drug-likeness (QED) is 0.770. The number of fused-ring (bicyclic) bond motifs is 3. The number of H-pyrrole nitrogens is 1. The standard InChI is InChI=1S/C14H12ClN5O2S/c1-9-12-8-17-18-13(12)19-7-6-16-14(19)20(9)23(21,22)11-4-2-10(15)3-5-11/h2-9H,1H3,(H,17,18). The number of nitrogens with one attached hydrogen (secondary N) is 1. The van der Waals surface area contributed by atoms with Crippen LogP contribution in [0.1, 0.15) is 18.5 Å². The molecule has 0 saturated heterocycles. The molecule has 0 fully saturated rings. The van der Waals surface area contributed by atoms with E-state index in [0.29, 0.717) is 11.0 Å². The molecule has 0 amide bonds. The number of benzene rings is 1. The van der Waals surface area contributed by atoms with E-state index in [1.165, 1.54) is 16.4 Å². The first-order chi connectivity index (χ1) is 11.0. The van der Waals surface area contributed by atoms with E-state index in [1.807, 2.05) is 0 Å². The minimum atomic E-state index is -3.78. The maximum atomic E-state index is 13.1. The predicted molar refractivity (Wildman–Crippen MR) is 85.2 cm³/mol. The summed E-state index contributed by atoms with van der Waals surface area (Å²) in [6, 6.07) is 5.65. The summed E-state index contributed by atoms with van der Waals surface area (Å²) < 4.78 is 29.2. The van der Waals surface area contributed by atoms with Gasteiger partial charge in [0.2, 0.25) is 5.95 Å². The number of rotatable bonds is 2. The lowest BCUT2D eigenvalue weighted by Gasteiger charge is -2.33. The summed E-state index contributed by atoms with van der Waals surface area (Å²) in [5, 5.41) is 7.39. The van der Waals surface area contributed by atoms with Crippen LogP contribution in [-0.2, 0) is 10.0 Å². The van der Waals surface area contributed by atoms with Crippen molar-refractivity contribution < 1.29 is 8.42 Å². The molecule has 1 N–H and O–H groups in total. The van der Waals surface area contributed by atoms with Crippen molar-refractivity contribution in [2.24, 2.45) is 0 Å². The zero-order chi connectivity index (χ0) is 16.2. The van der Waals surface area contributed by atoms with Crippen molar-refractivity contribution in [3.05, 3.63) is 53.4 Å². The molecule has 0 aliphatic carbocycles. The Kier molecular flexibility index (Phi) is 3.00. The van der Waals surface area contributed by atoms with Gasteiger partial charge in [-0.2, -0.15) is 5.10 Å². The number of aromatic amines is 1. The molecule has 1 aromatic carbocycles. The smallest absolute Gasteiger partial charge is 0.267 e. The Labute approximate surface area is 137 Å². The molecule has 3 heterocycles. The lowest BCUT2D eigenvalue weighted by molar-refractivity contribution is 0.576. The molecule has 7 nitrogen and oxygen atoms in total. The van der Waals surface area contributed by atoms with Gasteiger partial charge < -0.3 is 0 Å². The van der Waals surface area contributed by atoms with Crippen LogP contribution in [0, 0.1) is 0 Å². The van der Waals surface area contributed by atoms with E-state index < -0.39 is 16.1 Å². The number of imidazole rings is 1. The van der Waals surface area contributed by atoms with Crippen LogP contribution >= 0.6 is 11.6 Å². The molecule has 9 heteroatoms. The Morgan fingerprint density at radius 1 is 1.26 bits per heavy atom. The summed E-state index contributed by atoms with van der Waals surface area (Å²) in [4.78, 5) is 4.37. The fourth-order valence-corrected chi connectivity index (χ4v) is 4.47. The van der Waals surface area contributed by atoms with Gasteiger partial charge in [-0.15, -0.1) is 0 Å². The molecule has 3 aromatic rings. The summed E-state index contributed by atoms with van der Waals surface area (Å²) in [6.07, 6.45) is 4.89. The second-order valence-electron chi connectivity index (χ2n) is 5.20. The fourth-order valence-electron chi connectivity index (χ4n) is 2.76. The van der Waals surface area contributed by atoms with E-state index >= 15 is 0 Å². The van der Waals surface area contributed by atoms with E-state index in [9.17, 15) is 8.42 Å². The van der Waals surface area contributed by atoms with Crippen LogP contribution in [0.3, 0.4) is 0 Å². The average molecular weight is 350 g/mol. The summed E-state index contributed by atoms with van der Waals surface area (Å²) in [5.74, 6) is 1.05. The third-order valence-electron chi connectivity index (χ3n) is 3.88. The maximum absolute atomic E-state index is 13.1. The number of sulfonamides is 1. The molecule has 4 rings (SSSR count). The molecule has 0 bridgehead atoms. The third kappa shape index (κ3) is 1.98. The zero-order valence-electron chi connectivity index (χ0n) is 12.0. The van der Waals surface area contributed by atoms with Gasteiger partial charge in [0, 0.05) is 23.0 Å². The summed E-state index contributed by atoms with van der Waals surface area (Å²) >= 11 is 5.85. The van der Waals surface area contributed by atoms with Gasteiger partial charge in [-0.1, -0.05) is 11.6 Å². The van der Waals surface area contributed by atoms with Crippen LogP contribution in [0.2, 0.25) is 5.02 Å². The SMILES string of the molecule is CC1c2cn[nH]c2-n2ccnc2N1S(=O)(=O)c1ccc(Cl)cc1. The monoisotopic (exact) mass is 349 g/mol. The van der Waals surface area contributed by atoms with Crippen LogP contribution in [-0.4, -0.2) is 28.2 Å². The Hall–Kier alpha value is -2.32. The normalized spacial score (nSPS) is 17.0. The first-order valence-electron chi connectivity index (χ1n) is 6.87. The van der Waals surface area contributed by atoms with E-state index in [0.717, 1.165) is 11.4 Å². The molecular weight excluding hydrogens is 338 g/mol. The highest BCUT2D eigenvalue weighted by Crippen LogP contribution is 2.39. The molecule has 2 aromatic heterocycles. The van der Waals surface area contributed by atoms with Gasteiger partial charge in [0.05, 0.1) is 17.1 Å². The molecule has 1 aliphatic rings. The molecule has 0 saturated carbocycles. The van der Waals surface area contributed by atoms with E-state index in [2.05, 4.69) is 15.2 Å². The first kappa shape index (κ1) is 14.3. The van der Waals surface area contributed by atoms with Crippen molar-refractivity contribution in [1.82, 2.24) is 19.7 Å².